The van der Waals surface area contributed by atoms with Crippen molar-refractivity contribution in [1.82, 2.24) is 19.1 Å². The van der Waals surface area contributed by atoms with E-state index in [2.05, 4.69) is 21.5 Å². The van der Waals surface area contributed by atoms with Crippen LogP contribution in [0.2, 0.25) is 0 Å². The highest BCUT2D eigenvalue weighted by Gasteiger charge is 2.20. The van der Waals surface area contributed by atoms with Gasteiger partial charge in [-0.2, -0.15) is 0 Å². The van der Waals surface area contributed by atoms with E-state index in [4.69, 9.17) is 0 Å². The van der Waals surface area contributed by atoms with E-state index in [9.17, 15) is 4.79 Å². The van der Waals surface area contributed by atoms with Crippen molar-refractivity contribution in [3.05, 3.63) is 28.8 Å². The molecule has 102 valence electrons. The van der Waals surface area contributed by atoms with Gasteiger partial charge in [0.15, 0.2) is 5.78 Å². The average Bonchev–Trinajstić information content (AvgIpc) is 2.98. The molecule has 0 unspecified atom stereocenters. The minimum Gasteiger partial charge on any atom is -0.335 e. The van der Waals surface area contributed by atoms with Gasteiger partial charge >= 0.3 is 0 Å². The third-order valence-corrected chi connectivity index (χ3v) is 3.68. The zero-order valence-corrected chi connectivity index (χ0v) is 12.3. The number of carbonyl (C=O) groups excluding carboxylic acids is 1. The van der Waals surface area contributed by atoms with Crippen molar-refractivity contribution < 1.29 is 4.79 Å². The average molecular weight is 278 g/mol. The highest BCUT2D eigenvalue weighted by Crippen LogP contribution is 2.21. The Morgan fingerprint density at radius 1 is 1.47 bits per heavy atom. The Kier molecular flexibility index (Phi) is 4.42. The Bertz CT molecular complexity index is 558. The Hall–Kier alpha value is -1.56. The van der Waals surface area contributed by atoms with Crippen molar-refractivity contribution in [2.45, 2.75) is 46.1 Å². The van der Waals surface area contributed by atoms with E-state index >= 15 is 0 Å². The first-order chi connectivity index (χ1) is 9.13. The molecule has 6 heteroatoms. The third-order valence-electron chi connectivity index (χ3n) is 2.90. The number of hydrogen-bond donors (Lipinski definition) is 0. The van der Waals surface area contributed by atoms with Crippen molar-refractivity contribution in [2.75, 3.05) is 0 Å². The predicted octanol–water partition coefficient (Wildman–Crippen LogP) is 2.69. The Morgan fingerprint density at radius 2 is 2.26 bits per heavy atom. The molecule has 0 N–H and O–H groups in total. The molecule has 0 bridgehead atoms. The van der Waals surface area contributed by atoms with Crippen LogP contribution in [0.5, 0.6) is 0 Å². The van der Waals surface area contributed by atoms with Crippen LogP contribution in [0.15, 0.2) is 12.4 Å². The lowest BCUT2D eigenvalue weighted by Crippen LogP contribution is -2.11. The van der Waals surface area contributed by atoms with Crippen LogP contribution in [0, 0.1) is 0 Å². The van der Waals surface area contributed by atoms with Gasteiger partial charge in [-0.25, -0.2) is 4.98 Å². The lowest BCUT2D eigenvalue weighted by molar-refractivity contribution is 0.0992. The maximum absolute atomic E-state index is 12.3. The van der Waals surface area contributed by atoms with Crippen LogP contribution < -0.4 is 0 Å². The summed E-state index contributed by atoms with van der Waals surface area (Å²) < 4.78 is 5.93. The van der Waals surface area contributed by atoms with Gasteiger partial charge in [-0.3, -0.25) is 4.79 Å². The first-order valence-electron chi connectivity index (χ1n) is 6.49. The summed E-state index contributed by atoms with van der Waals surface area (Å²) in [5.41, 5.74) is 0.795. The Labute approximate surface area is 116 Å². The molecular weight excluding hydrogens is 260 g/mol. The van der Waals surface area contributed by atoms with Crippen LogP contribution in [0.1, 0.15) is 54.3 Å². The normalized spacial score (nSPS) is 11.2. The van der Waals surface area contributed by atoms with Gasteiger partial charge in [0.25, 0.3) is 0 Å². The molecule has 0 spiro atoms. The molecule has 0 aromatic carbocycles. The molecule has 2 aromatic rings. The first kappa shape index (κ1) is 13.9. The van der Waals surface area contributed by atoms with Crippen molar-refractivity contribution >= 4 is 17.3 Å². The van der Waals surface area contributed by atoms with Crippen molar-refractivity contribution in [3.63, 3.8) is 0 Å². The van der Waals surface area contributed by atoms with E-state index in [1.54, 1.807) is 6.20 Å². The molecule has 0 amide bonds. The number of Topliss-reactive ketones (excluding diaryl/α,β-unsaturated/α-hetero) is 1. The monoisotopic (exact) mass is 278 g/mol. The summed E-state index contributed by atoms with van der Waals surface area (Å²) in [6.07, 6.45) is 5.00. The van der Waals surface area contributed by atoms with Crippen LogP contribution in [-0.4, -0.2) is 24.9 Å². The van der Waals surface area contributed by atoms with E-state index in [1.165, 1.54) is 11.5 Å². The zero-order valence-electron chi connectivity index (χ0n) is 11.5. The second kappa shape index (κ2) is 6.06. The number of aromatic nitrogens is 4. The zero-order chi connectivity index (χ0) is 13.8. The van der Waals surface area contributed by atoms with Crippen molar-refractivity contribution in [2.24, 2.45) is 0 Å². The van der Waals surface area contributed by atoms with Crippen molar-refractivity contribution in [1.29, 1.82) is 0 Å². The molecule has 0 aliphatic carbocycles. The fourth-order valence-corrected chi connectivity index (χ4v) is 2.70. The minimum absolute atomic E-state index is 0.0576. The van der Waals surface area contributed by atoms with Gasteiger partial charge in [0.05, 0.1) is 12.1 Å². The first-order valence-corrected chi connectivity index (χ1v) is 7.26. The van der Waals surface area contributed by atoms with E-state index in [1.807, 2.05) is 24.6 Å². The lowest BCUT2D eigenvalue weighted by atomic mass is 10.1. The third kappa shape index (κ3) is 3.07. The molecule has 2 rings (SSSR count). The van der Waals surface area contributed by atoms with Crippen LogP contribution in [0.3, 0.4) is 0 Å². The van der Waals surface area contributed by atoms with Crippen LogP contribution in [0.25, 0.3) is 0 Å². The number of imidazole rings is 1. The van der Waals surface area contributed by atoms with Crippen LogP contribution in [0.4, 0.5) is 0 Å². The number of rotatable bonds is 6. The second-order valence-electron chi connectivity index (χ2n) is 4.78. The van der Waals surface area contributed by atoms with E-state index < -0.39 is 0 Å². The minimum atomic E-state index is 0.0576. The molecular formula is C13H18N4OS. The van der Waals surface area contributed by atoms with E-state index in [-0.39, 0.29) is 11.7 Å². The van der Waals surface area contributed by atoms with E-state index in [0.717, 1.165) is 24.5 Å². The maximum atomic E-state index is 12.3. The van der Waals surface area contributed by atoms with Gasteiger partial charge in [0, 0.05) is 18.9 Å². The fourth-order valence-electron chi connectivity index (χ4n) is 1.94. The maximum Gasteiger partial charge on any atom is 0.183 e. The predicted molar refractivity (Wildman–Crippen MR) is 74.6 cm³/mol. The van der Waals surface area contributed by atoms with Gasteiger partial charge in [-0.15, -0.1) is 5.10 Å². The topological polar surface area (TPSA) is 60.7 Å². The fraction of sp³-hybridized carbons (Fsp3) is 0.538. The summed E-state index contributed by atoms with van der Waals surface area (Å²) in [4.78, 5) is 17.3. The molecule has 0 radical (unpaired) electrons. The van der Waals surface area contributed by atoms with Gasteiger partial charge in [-0.05, 0) is 23.9 Å². The standard InChI is InChI=1S/C13H18N4OS/c1-4-6-17-7-5-14-11(17)8-10(18)13-12(9(2)3)15-16-19-13/h5,7,9H,4,6,8H2,1-3H3. The Morgan fingerprint density at radius 3 is 2.95 bits per heavy atom. The van der Waals surface area contributed by atoms with Gasteiger partial charge in [-0.1, -0.05) is 25.3 Å². The van der Waals surface area contributed by atoms with Crippen LogP contribution in [-0.2, 0) is 13.0 Å². The highest BCUT2D eigenvalue weighted by molar-refractivity contribution is 7.08. The molecule has 0 atom stereocenters. The van der Waals surface area contributed by atoms with Crippen LogP contribution >= 0.6 is 11.5 Å². The summed E-state index contributed by atoms with van der Waals surface area (Å²) in [5, 5.41) is 4.05. The SMILES string of the molecule is CCCn1ccnc1CC(=O)c1snnc1C(C)C. The number of hydrogen-bond acceptors (Lipinski definition) is 5. The Balaban J connectivity index is 2.16. The molecule has 2 aromatic heterocycles. The van der Waals surface area contributed by atoms with Crippen molar-refractivity contribution in [3.8, 4) is 0 Å². The summed E-state index contributed by atoms with van der Waals surface area (Å²) in [5.74, 6) is 1.09. The largest absolute Gasteiger partial charge is 0.335 e. The number of aryl methyl sites for hydroxylation is 1. The van der Waals surface area contributed by atoms with Gasteiger partial charge in [0.1, 0.15) is 10.7 Å². The molecule has 0 saturated heterocycles. The number of carbonyl (C=O) groups is 1. The highest BCUT2D eigenvalue weighted by atomic mass is 32.1. The lowest BCUT2D eigenvalue weighted by Gasteiger charge is -2.06. The molecule has 0 fully saturated rings. The summed E-state index contributed by atoms with van der Waals surface area (Å²) in [7, 11) is 0. The number of nitrogens with zero attached hydrogens (tertiary/aromatic N) is 4. The van der Waals surface area contributed by atoms with Gasteiger partial charge < -0.3 is 4.57 Å². The van der Waals surface area contributed by atoms with Gasteiger partial charge in [0.2, 0.25) is 0 Å². The molecule has 2 heterocycles. The number of ketones is 1. The molecule has 0 saturated carbocycles. The second-order valence-corrected chi connectivity index (χ2v) is 5.53. The summed E-state index contributed by atoms with van der Waals surface area (Å²) in [6, 6.07) is 0. The molecule has 0 aliphatic rings. The summed E-state index contributed by atoms with van der Waals surface area (Å²) >= 11 is 1.18. The molecule has 19 heavy (non-hydrogen) atoms. The summed E-state index contributed by atoms with van der Waals surface area (Å²) in [6.45, 7) is 7.03. The quantitative estimate of drug-likeness (QED) is 0.762. The smallest absolute Gasteiger partial charge is 0.183 e. The molecule has 0 aliphatic heterocycles. The molecule has 5 nitrogen and oxygen atoms in total. The van der Waals surface area contributed by atoms with E-state index in [0.29, 0.717) is 11.3 Å².